The van der Waals surface area contributed by atoms with E-state index in [0.29, 0.717) is 6.42 Å². The third kappa shape index (κ3) is 3.65. The fourth-order valence-corrected chi connectivity index (χ4v) is 2.76. The molecule has 0 unspecified atom stereocenters. The maximum atomic E-state index is 12.9. The molecule has 3 nitrogen and oxygen atoms in total. The molecule has 0 atom stereocenters. The number of aromatic nitrogens is 2. The Bertz CT molecular complexity index is 584. The summed E-state index contributed by atoms with van der Waals surface area (Å²) in [5, 5.41) is 3.11. The standard InChI is InChI=1S/C15H17FIN3/c1-3-4-12-14(17)15(18-2)20-13(19-12)9-10-5-7-11(16)8-6-10/h5-8H,3-4,9H2,1-2H3,(H,18,19,20). The molecule has 0 spiro atoms. The molecule has 106 valence electrons. The van der Waals surface area contributed by atoms with Crippen LogP contribution in [-0.4, -0.2) is 17.0 Å². The summed E-state index contributed by atoms with van der Waals surface area (Å²) in [6.07, 6.45) is 2.60. The average Bonchev–Trinajstić information content (AvgIpc) is 2.45. The number of anilines is 1. The number of aryl methyl sites for hydroxylation is 1. The van der Waals surface area contributed by atoms with E-state index in [1.54, 1.807) is 12.1 Å². The quantitative estimate of drug-likeness (QED) is 0.796. The van der Waals surface area contributed by atoms with E-state index < -0.39 is 0 Å². The van der Waals surface area contributed by atoms with Gasteiger partial charge in [0.05, 0.1) is 9.26 Å². The van der Waals surface area contributed by atoms with E-state index in [0.717, 1.165) is 39.3 Å². The highest BCUT2D eigenvalue weighted by Crippen LogP contribution is 2.21. The van der Waals surface area contributed by atoms with Gasteiger partial charge in [0.1, 0.15) is 17.5 Å². The van der Waals surface area contributed by atoms with Gasteiger partial charge in [-0.2, -0.15) is 0 Å². The van der Waals surface area contributed by atoms with Crippen LogP contribution in [0.25, 0.3) is 0 Å². The fraction of sp³-hybridized carbons (Fsp3) is 0.333. The van der Waals surface area contributed by atoms with Crippen LogP contribution in [0.2, 0.25) is 0 Å². The van der Waals surface area contributed by atoms with Gasteiger partial charge in [-0.3, -0.25) is 0 Å². The van der Waals surface area contributed by atoms with E-state index in [2.05, 4.69) is 44.8 Å². The number of rotatable bonds is 5. The molecule has 1 heterocycles. The maximum absolute atomic E-state index is 12.9. The van der Waals surface area contributed by atoms with Gasteiger partial charge in [-0.25, -0.2) is 14.4 Å². The first-order chi connectivity index (χ1) is 9.63. The zero-order chi connectivity index (χ0) is 14.5. The van der Waals surface area contributed by atoms with Crippen molar-refractivity contribution in [3.8, 4) is 0 Å². The second kappa shape index (κ2) is 6.97. The topological polar surface area (TPSA) is 37.8 Å². The van der Waals surface area contributed by atoms with Crippen LogP contribution in [0, 0.1) is 9.39 Å². The van der Waals surface area contributed by atoms with Gasteiger partial charge in [-0.05, 0) is 46.7 Å². The molecular formula is C15H17FIN3. The summed E-state index contributed by atoms with van der Waals surface area (Å²) in [4.78, 5) is 9.16. The number of halogens is 2. The van der Waals surface area contributed by atoms with Crippen molar-refractivity contribution in [3.05, 3.63) is 50.7 Å². The Balaban J connectivity index is 2.31. The van der Waals surface area contributed by atoms with Gasteiger partial charge in [0.25, 0.3) is 0 Å². The molecule has 0 radical (unpaired) electrons. The highest BCUT2D eigenvalue weighted by atomic mass is 127. The Labute approximate surface area is 132 Å². The summed E-state index contributed by atoms with van der Waals surface area (Å²) in [7, 11) is 1.86. The highest BCUT2D eigenvalue weighted by Gasteiger charge is 2.11. The lowest BCUT2D eigenvalue weighted by Gasteiger charge is -2.10. The highest BCUT2D eigenvalue weighted by molar-refractivity contribution is 14.1. The molecule has 0 bridgehead atoms. The molecule has 2 rings (SSSR count). The van der Waals surface area contributed by atoms with Crippen LogP contribution in [0.5, 0.6) is 0 Å². The summed E-state index contributed by atoms with van der Waals surface area (Å²) in [5.41, 5.74) is 2.08. The molecule has 0 fully saturated rings. The third-order valence-electron chi connectivity index (χ3n) is 2.97. The number of nitrogens with one attached hydrogen (secondary N) is 1. The third-order valence-corrected chi connectivity index (χ3v) is 4.10. The van der Waals surface area contributed by atoms with Crippen LogP contribution in [0.4, 0.5) is 10.2 Å². The largest absolute Gasteiger partial charge is 0.372 e. The summed E-state index contributed by atoms with van der Waals surface area (Å²) < 4.78 is 14.0. The van der Waals surface area contributed by atoms with Crippen LogP contribution in [0.3, 0.4) is 0 Å². The van der Waals surface area contributed by atoms with Gasteiger partial charge in [-0.15, -0.1) is 0 Å². The van der Waals surface area contributed by atoms with E-state index >= 15 is 0 Å². The Morgan fingerprint density at radius 1 is 1.20 bits per heavy atom. The molecule has 0 saturated carbocycles. The van der Waals surface area contributed by atoms with E-state index in [9.17, 15) is 4.39 Å². The van der Waals surface area contributed by atoms with Crippen LogP contribution in [-0.2, 0) is 12.8 Å². The van der Waals surface area contributed by atoms with Crippen molar-refractivity contribution in [2.24, 2.45) is 0 Å². The Morgan fingerprint density at radius 2 is 1.90 bits per heavy atom. The fourth-order valence-electron chi connectivity index (χ4n) is 1.98. The first kappa shape index (κ1) is 15.2. The first-order valence-corrected chi connectivity index (χ1v) is 7.69. The second-order valence-corrected chi connectivity index (χ2v) is 5.63. The van der Waals surface area contributed by atoms with Gasteiger partial charge in [0, 0.05) is 13.5 Å². The number of hydrogen-bond acceptors (Lipinski definition) is 3. The lowest BCUT2D eigenvalue weighted by molar-refractivity contribution is 0.627. The molecule has 1 aromatic heterocycles. The van der Waals surface area contributed by atoms with Crippen molar-refractivity contribution >= 4 is 28.4 Å². The van der Waals surface area contributed by atoms with Crippen LogP contribution in [0.1, 0.15) is 30.4 Å². The molecule has 0 aliphatic carbocycles. The summed E-state index contributed by atoms with van der Waals surface area (Å²) in [6, 6.07) is 6.48. The summed E-state index contributed by atoms with van der Waals surface area (Å²) in [5.74, 6) is 1.41. The Morgan fingerprint density at radius 3 is 2.50 bits per heavy atom. The molecule has 1 N–H and O–H groups in total. The predicted molar refractivity (Wildman–Crippen MR) is 87.5 cm³/mol. The SMILES string of the molecule is CCCc1nc(Cc2ccc(F)cc2)nc(NC)c1I. The van der Waals surface area contributed by atoms with Gasteiger partial charge < -0.3 is 5.32 Å². The molecule has 0 saturated heterocycles. The molecule has 20 heavy (non-hydrogen) atoms. The molecule has 5 heteroatoms. The van der Waals surface area contributed by atoms with Crippen LogP contribution in [0.15, 0.2) is 24.3 Å². The van der Waals surface area contributed by atoms with E-state index in [1.807, 2.05) is 7.05 Å². The lowest BCUT2D eigenvalue weighted by Crippen LogP contribution is -2.08. The normalized spacial score (nSPS) is 10.6. The molecule has 0 aliphatic heterocycles. The zero-order valence-electron chi connectivity index (χ0n) is 11.6. The zero-order valence-corrected chi connectivity index (χ0v) is 13.7. The van der Waals surface area contributed by atoms with Crippen molar-refractivity contribution in [1.29, 1.82) is 0 Å². The summed E-state index contributed by atoms with van der Waals surface area (Å²) >= 11 is 2.28. The van der Waals surface area contributed by atoms with Crippen molar-refractivity contribution in [1.82, 2.24) is 9.97 Å². The van der Waals surface area contributed by atoms with Crippen molar-refractivity contribution in [2.45, 2.75) is 26.2 Å². The average molecular weight is 385 g/mol. The lowest BCUT2D eigenvalue weighted by atomic mass is 10.1. The number of nitrogens with zero attached hydrogens (tertiary/aromatic N) is 2. The van der Waals surface area contributed by atoms with Crippen molar-refractivity contribution < 1.29 is 4.39 Å². The van der Waals surface area contributed by atoms with E-state index in [-0.39, 0.29) is 5.82 Å². The molecule has 0 amide bonds. The minimum atomic E-state index is -0.222. The van der Waals surface area contributed by atoms with Crippen molar-refractivity contribution in [2.75, 3.05) is 12.4 Å². The first-order valence-electron chi connectivity index (χ1n) is 6.61. The number of benzene rings is 1. The Hall–Kier alpha value is -1.24. The van der Waals surface area contributed by atoms with Gasteiger partial charge >= 0.3 is 0 Å². The van der Waals surface area contributed by atoms with Crippen molar-refractivity contribution in [3.63, 3.8) is 0 Å². The second-order valence-electron chi connectivity index (χ2n) is 4.55. The monoisotopic (exact) mass is 385 g/mol. The minimum Gasteiger partial charge on any atom is -0.372 e. The summed E-state index contributed by atoms with van der Waals surface area (Å²) in [6.45, 7) is 2.14. The van der Waals surface area contributed by atoms with Gasteiger partial charge in [0.2, 0.25) is 0 Å². The smallest absolute Gasteiger partial charge is 0.143 e. The van der Waals surface area contributed by atoms with E-state index in [1.165, 1.54) is 12.1 Å². The van der Waals surface area contributed by atoms with Gasteiger partial charge in [0.15, 0.2) is 0 Å². The number of hydrogen-bond donors (Lipinski definition) is 1. The maximum Gasteiger partial charge on any atom is 0.143 e. The molecule has 2 aromatic rings. The van der Waals surface area contributed by atoms with E-state index in [4.69, 9.17) is 0 Å². The van der Waals surface area contributed by atoms with Gasteiger partial charge in [-0.1, -0.05) is 25.5 Å². The Kier molecular flexibility index (Phi) is 5.28. The van der Waals surface area contributed by atoms with Crippen LogP contribution < -0.4 is 5.32 Å². The molecule has 0 aliphatic rings. The minimum absolute atomic E-state index is 0.222. The predicted octanol–water partition coefficient (Wildman–Crippen LogP) is 3.81. The molecule has 1 aromatic carbocycles. The van der Waals surface area contributed by atoms with Crippen LogP contribution >= 0.6 is 22.6 Å². The molecular weight excluding hydrogens is 368 g/mol.